The molecule has 0 fully saturated rings. The first-order chi connectivity index (χ1) is 9.24. The number of hydrogen-bond donors (Lipinski definition) is 0. The number of nitrogens with zero attached hydrogens (tertiary/aromatic N) is 2. The van der Waals surface area contributed by atoms with Gasteiger partial charge in [0.25, 0.3) is 0 Å². The van der Waals surface area contributed by atoms with Crippen molar-refractivity contribution >= 4 is 11.6 Å². The van der Waals surface area contributed by atoms with Crippen LogP contribution in [0.15, 0.2) is 60.8 Å². The van der Waals surface area contributed by atoms with Crippen molar-refractivity contribution < 1.29 is 0 Å². The average molecular weight is 269 g/mol. The minimum Gasteiger partial charge on any atom is -0.233 e. The summed E-state index contributed by atoms with van der Waals surface area (Å²) in [5.74, 6) is 0. The molecule has 1 aromatic heterocycles. The number of aromatic nitrogens is 2. The predicted molar refractivity (Wildman–Crippen MR) is 78.7 cm³/mol. The van der Waals surface area contributed by atoms with Gasteiger partial charge in [-0.15, -0.1) is 0 Å². The van der Waals surface area contributed by atoms with Gasteiger partial charge in [-0.2, -0.15) is 5.10 Å². The number of halogens is 1. The molecule has 0 unspecified atom stereocenters. The molecule has 0 atom stereocenters. The largest absolute Gasteiger partial charge is 0.233 e. The topological polar surface area (TPSA) is 17.8 Å². The smallest absolute Gasteiger partial charge is 0.0740 e. The highest BCUT2D eigenvalue weighted by molar-refractivity contribution is 6.30. The van der Waals surface area contributed by atoms with E-state index in [0.29, 0.717) is 0 Å². The van der Waals surface area contributed by atoms with E-state index < -0.39 is 0 Å². The zero-order valence-corrected chi connectivity index (χ0v) is 11.3. The van der Waals surface area contributed by atoms with Crippen molar-refractivity contribution in [2.24, 2.45) is 0 Å². The Morgan fingerprint density at radius 3 is 2.26 bits per heavy atom. The normalized spacial score (nSPS) is 10.6. The molecule has 0 spiro atoms. The van der Waals surface area contributed by atoms with E-state index in [2.05, 4.69) is 36.3 Å². The maximum atomic E-state index is 5.92. The first-order valence-corrected chi connectivity index (χ1v) is 6.49. The molecule has 0 saturated heterocycles. The van der Waals surface area contributed by atoms with Crippen LogP contribution in [0.4, 0.5) is 0 Å². The summed E-state index contributed by atoms with van der Waals surface area (Å²) in [5.41, 5.74) is 4.48. The maximum Gasteiger partial charge on any atom is 0.0740 e. The van der Waals surface area contributed by atoms with Crippen LogP contribution in [0.1, 0.15) is 5.56 Å². The fourth-order valence-electron chi connectivity index (χ4n) is 2.03. The maximum absolute atomic E-state index is 5.92. The van der Waals surface area contributed by atoms with E-state index in [1.807, 2.05) is 41.2 Å². The van der Waals surface area contributed by atoms with E-state index in [0.717, 1.165) is 22.0 Å². The van der Waals surface area contributed by atoms with Gasteiger partial charge in [-0.25, -0.2) is 4.68 Å². The molecule has 2 nitrogen and oxygen atoms in total. The number of rotatable bonds is 2. The molecular formula is C16H13ClN2. The van der Waals surface area contributed by atoms with Gasteiger partial charge in [0, 0.05) is 10.6 Å². The molecule has 2 aromatic carbocycles. The van der Waals surface area contributed by atoms with Crippen molar-refractivity contribution in [2.45, 2.75) is 6.92 Å². The van der Waals surface area contributed by atoms with Gasteiger partial charge < -0.3 is 0 Å². The summed E-state index contributed by atoms with van der Waals surface area (Å²) in [6.07, 6.45) is 1.81. The highest BCUT2D eigenvalue weighted by Gasteiger charge is 2.06. The molecule has 3 rings (SSSR count). The van der Waals surface area contributed by atoms with Gasteiger partial charge in [-0.1, -0.05) is 41.4 Å². The van der Waals surface area contributed by atoms with Gasteiger partial charge >= 0.3 is 0 Å². The number of aryl methyl sites for hydroxylation is 1. The lowest BCUT2D eigenvalue weighted by atomic mass is 10.1. The van der Waals surface area contributed by atoms with Crippen molar-refractivity contribution in [3.8, 4) is 16.9 Å². The molecular weight excluding hydrogens is 256 g/mol. The summed E-state index contributed by atoms with van der Waals surface area (Å²) in [4.78, 5) is 0. The quantitative estimate of drug-likeness (QED) is 0.669. The Morgan fingerprint density at radius 1 is 0.895 bits per heavy atom. The van der Waals surface area contributed by atoms with Crippen LogP contribution >= 0.6 is 11.6 Å². The van der Waals surface area contributed by atoms with Crippen LogP contribution in [0, 0.1) is 6.92 Å². The Balaban J connectivity index is 2.07. The average Bonchev–Trinajstić information content (AvgIpc) is 2.90. The molecule has 0 radical (unpaired) electrons. The van der Waals surface area contributed by atoms with Gasteiger partial charge in [-0.05, 0) is 37.3 Å². The Labute approximate surface area is 117 Å². The Bertz CT molecular complexity index is 622. The first-order valence-electron chi connectivity index (χ1n) is 6.11. The van der Waals surface area contributed by atoms with Crippen molar-refractivity contribution in [1.29, 1.82) is 0 Å². The molecule has 94 valence electrons. The summed E-state index contributed by atoms with van der Waals surface area (Å²) < 4.78 is 1.92. The predicted octanol–water partition coefficient (Wildman–Crippen LogP) is 4.50. The van der Waals surface area contributed by atoms with Gasteiger partial charge in [0.05, 0.1) is 17.6 Å². The van der Waals surface area contributed by atoms with Crippen LogP contribution < -0.4 is 0 Å². The summed E-state index contributed by atoms with van der Waals surface area (Å²) in [6, 6.07) is 18.1. The Hall–Kier alpha value is -2.06. The molecule has 0 aliphatic rings. The van der Waals surface area contributed by atoms with Gasteiger partial charge in [-0.3, -0.25) is 0 Å². The Kier molecular flexibility index (Phi) is 3.10. The molecule has 0 aliphatic carbocycles. The standard InChI is InChI=1S/C16H13ClN2/c1-12-2-4-13(5-3-12)16-10-11-18-19(16)15-8-6-14(17)7-9-15/h2-11H,1H3. The summed E-state index contributed by atoms with van der Waals surface area (Å²) in [6.45, 7) is 2.08. The second-order valence-electron chi connectivity index (χ2n) is 4.47. The lowest BCUT2D eigenvalue weighted by Crippen LogP contribution is -1.98. The second-order valence-corrected chi connectivity index (χ2v) is 4.91. The lowest BCUT2D eigenvalue weighted by molar-refractivity contribution is 0.888. The van der Waals surface area contributed by atoms with Crippen molar-refractivity contribution in [1.82, 2.24) is 9.78 Å². The molecule has 0 bridgehead atoms. The van der Waals surface area contributed by atoms with Crippen molar-refractivity contribution in [3.05, 3.63) is 71.4 Å². The van der Waals surface area contributed by atoms with E-state index in [4.69, 9.17) is 11.6 Å². The van der Waals surface area contributed by atoms with Crippen LogP contribution in [-0.2, 0) is 0 Å². The highest BCUT2D eigenvalue weighted by Crippen LogP contribution is 2.23. The van der Waals surface area contributed by atoms with Crippen molar-refractivity contribution in [2.75, 3.05) is 0 Å². The van der Waals surface area contributed by atoms with Crippen LogP contribution in [-0.4, -0.2) is 9.78 Å². The third kappa shape index (κ3) is 2.40. The number of hydrogen-bond acceptors (Lipinski definition) is 1. The molecule has 0 saturated carbocycles. The minimum absolute atomic E-state index is 0.729. The summed E-state index contributed by atoms with van der Waals surface area (Å²) in [5, 5.41) is 5.12. The van der Waals surface area contributed by atoms with E-state index in [1.165, 1.54) is 5.56 Å². The molecule has 1 heterocycles. The monoisotopic (exact) mass is 268 g/mol. The van der Waals surface area contributed by atoms with Crippen molar-refractivity contribution in [3.63, 3.8) is 0 Å². The van der Waals surface area contributed by atoms with Crippen LogP contribution in [0.3, 0.4) is 0 Å². The van der Waals surface area contributed by atoms with Crippen LogP contribution in [0.5, 0.6) is 0 Å². The molecule has 3 heteroatoms. The molecule has 0 aliphatic heterocycles. The minimum atomic E-state index is 0.729. The molecule has 0 amide bonds. The number of benzene rings is 2. The molecule has 0 N–H and O–H groups in total. The summed E-state index contributed by atoms with van der Waals surface area (Å²) in [7, 11) is 0. The van der Waals surface area contributed by atoms with Crippen LogP contribution in [0.2, 0.25) is 5.02 Å². The fourth-order valence-corrected chi connectivity index (χ4v) is 2.16. The highest BCUT2D eigenvalue weighted by atomic mass is 35.5. The van der Waals surface area contributed by atoms with E-state index >= 15 is 0 Å². The Morgan fingerprint density at radius 2 is 1.58 bits per heavy atom. The third-order valence-corrected chi connectivity index (χ3v) is 3.31. The van der Waals surface area contributed by atoms with Gasteiger partial charge in [0.1, 0.15) is 0 Å². The van der Waals surface area contributed by atoms with Gasteiger partial charge in [0.15, 0.2) is 0 Å². The van der Waals surface area contributed by atoms with E-state index in [-0.39, 0.29) is 0 Å². The van der Waals surface area contributed by atoms with Gasteiger partial charge in [0.2, 0.25) is 0 Å². The first kappa shape index (κ1) is 12.0. The molecule has 3 aromatic rings. The second kappa shape index (κ2) is 4.90. The zero-order chi connectivity index (χ0) is 13.2. The fraction of sp³-hybridized carbons (Fsp3) is 0.0625. The van der Waals surface area contributed by atoms with Crippen LogP contribution in [0.25, 0.3) is 16.9 Å². The zero-order valence-electron chi connectivity index (χ0n) is 10.5. The lowest BCUT2D eigenvalue weighted by Gasteiger charge is -2.08. The van der Waals surface area contributed by atoms with E-state index in [1.54, 1.807) is 0 Å². The van der Waals surface area contributed by atoms with E-state index in [9.17, 15) is 0 Å². The SMILES string of the molecule is Cc1ccc(-c2ccnn2-c2ccc(Cl)cc2)cc1. The molecule has 19 heavy (non-hydrogen) atoms. The third-order valence-electron chi connectivity index (χ3n) is 3.06. The summed E-state index contributed by atoms with van der Waals surface area (Å²) >= 11 is 5.92.